The van der Waals surface area contributed by atoms with E-state index in [1.54, 1.807) is 12.1 Å². The Morgan fingerprint density at radius 1 is 0.725 bits per heavy atom. The predicted octanol–water partition coefficient (Wildman–Crippen LogP) is 8.18. The molecule has 250 valence electrons. The number of phenolic OH excluding ortho intramolecular Hbond substituents is 1. The summed E-state index contributed by atoms with van der Waals surface area (Å²) in [7, 11) is 0. The van der Waals surface area contributed by atoms with Crippen LogP contribution in [0.3, 0.4) is 0 Å². The number of hydrogen-bond donors (Lipinski definition) is 1. The Morgan fingerprint density at radius 3 is 2.16 bits per heavy atom. The van der Waals surface area contributed by atoms with Crippen molar-refractivity contribution in [2.75, 3.05) is 4.90 Å². The first-order valence-electron chi connectivity index (χ1n) is 17.3. The third kappa shape index (κ3) is 4.60. The third-order valence-corrected chi connectivity index (χ3v) is 12.4. The number of allylic oxidation sites excluding steroid dienone is 4. The van der Waals surface area contributed by atoms with Gasteiger partial charge >= 0.3 is 0 Å². The zero-order valence-electron chi connectivity index (χ0n) is 27.4. The summed E-state index contributed by atoms with van der Waals surface area (Å²) >= 11 is 2.19. The average molecular weight is 782 g/mol. The number of halogens is 1. The van der Waals surface area contributed by atoms with Crippen LogP contribution in [0.5, 0.6) is 5.75 Å². The fourth-order valence-corrected chi connectivity index (χ4v) is 9.93. The molecule has 9 rings (SSSR count). The maximum Gasteiger partial charge on any atom is 0.238 e. The molecule has 0 spiro atoms. The van der Waals surface area contributed by atoms with Gasteiger partial charge in [0.1, 0.15) is 5.75 Å². The van der Waals surface area contributed by atoms with Gasteiger partial charge in [-0.05, 0) is 88.2 Å². The topological polar surface area (TPSA) is 91.8 Å². The number of imide groups is 1. The largest absolute Gasteiger partial charge is 0.507 e. The summed E-state index contributed by atoms with van der Waals surface area (Å²) in [5.74, 6) is -4.38. The molecular formula is C44H32INO5. The van der Waals surface area contributed by atoms with Crippen LogP contribution in [-0.4, -0.2) is 28.5 Å². The SMILES string of the molecule is O=C1C(c2ccccc2)=CC(=O)[C@@]2(c3ccccc3)[C@@H](c3ccc4ccccc4c3O)C3=CC[C@@H]4C(=O)N(c5ccc(I)cc5)C(=O)[C@@H]4[C@@H]3C[C@@H]12. The number of nitrogens with zero attached hydrogens (tertiary/aromatic N) is 1. The minimum atomic E-state index is -1.41. The summed E-state index contributed by atoms with van der Waals surface area (Å²) in [6.45, 7) is 0. The van der Waals surface area contributed by atoms with Crippen LogP contribution >= 0.6 is 22.6 Å². The smallest absolute Gasteiger partial charge is 0.238 e. The minimum Gasteiger partial charge on any atom is -0.507 e. The number of rotatable bonds is 4. The van der Waals surface area contributed by atoms with Crippen LogP contribution in [0.4, 0.5) is 5.69 Å². The molecule has 1 saturated heterocycles. The molecule has 1 N–H and O–H groups in total. The summed E-state index contributed by atoms with van der Waals surface area (Å²) in [5.41, 5.74) is 2.15. The number of ketones is 2. The highest BCUT2D eigenvalue weighted by atomic mass is 127. The van der Waals surface area contributed by atoms with Crippen LogP contribution in [0.1, 0.15) is 35.4 Å². The van der Waals surface area contributed by atoms with Gasteiger partial charge in [0, 0.05) is 31.9 Å². The van der Waals surface area contributed by atoms with Crippen LogP contribution in [0.25, 0.3) is 16.3 Å². The number of anilines is 1. The van der Waals surface area contributed by atoms with Crippen LogP contribution in [0.2, 0.25) is 0 Å². The van der Waals surface area contributed by atoms with Gasteiger partial charge in [0.15, 0.2) is 11.6 Å². The average Bonchev–Trinajstić information content (AvgIpc) is 3.42. The maximum absolute atomic E-state index is 15.3. The zero-order chi connectivity index (χ0) is 35.0. The Kier molecular flexibility index (Phi) is 7.47. The Hall–Kier alpha value is -5.15. The fourth-order valence-electron chi connectivity index (χ4n) is 9.57. The van der Waals surface area contributed by atoms with Crippen molar-refractivity contribution in [1.82, 2.24) is 0 Å². The number of amides is 2. The van der Waals surface area contributed by atoms with Gasteiger partial charge in [-0.15, -0.1) is 0 Å². The van der Waals surface area contributed by atoms with Gasteiger partial charge < -0.3 is 5.11 Å². The van der Waals surface area contributed by atoms with Gasteiger partial charge in [0.25, 0.3) is 0 Å². The lowest BCUT2D eigenvalue weighted by atomic mass is 9.44. The lowest BCUT2D eigenvalue weighted by molar-refractivity contribution is -0.135. The van der Waals surface area contributed by atoms with E-state index < -0.39 is 35.0 Å². The molecular weight excluding hydrogens is 749 g/mol. The van der Waals surface area contributed by atoms with E-state index in [-0.39, 0.29) is 35.6 Å². The molecule has 7 heteroatoms. The van der Waals surface area contributed by atoms with Crippen LogP contribution in [0, 0.1) is 27.2 Å². The molecule has 1 saturated carbocycles. The van der Waals surface area contributed by atoms with E-state index >= 15 is 9.59 Å². The Morgan fingerprint density at radius 2 is 1.41 bits per heavy atom. The molecule has 4 aliphatic rings. The Balaban J connectivity index is 1.30. The van der Waals surface area contributed by atoms with Gasteiger partial charge in [-0.3, -0.25) is 24.1 Å². The number of phenols is 1. The van der Waals surface area contributed by atoms with Gasteiger partial charge in [-0.25, -0.2) is 0 Å². The Bertz CT molecular complexity index is 2350. The number of Topliss-reactive ketones (excluding diaryl/α,β-unsaturated/α-hetero) is 1. The molecule has 5 aromatic rings. The lowest BCUT2D eigenvalue weighted by Gasteiger charge is -2.55. The molecule has 6 nitrogen and oxygen atoms in total. The van der Waals surface area contributed by atoms with Gasteiger partial charge in [-0.2, -0.15) is 0 Å². The van der Waals surface area contributed by atoms with Gasteiger partial charge in [0.2, 0.25) is 11.8 Å². The molecule has 2 fully saturated rings. The van der Waals surface area contributed by atoms with E-state index in [2.05, 4.69) is 22.6 Å². The second-order valence-electron chi connectivity index (χ2n) is 14.0. The number of fused-ring (bicyclic) bond motifs is 5. The first kappa shape index (κ1) is 31.8. The van der Waals surface area contributed by atoms with Gasteiger partial charge in [-0.1, -0.05) is 109 Å². The maximum atomic E-state index is 15.3. The summed E-state index contributed by atoms with van der Waals surface area (Å²) in [6.07, 6.45) is 4.06. The second-order valence-corrected chi connectivity index (χ2v) is 15.2. The van der Waals surface area contributed by atoms with Crippen LogP contribution in [-0.2, 0) is 24.6 Å². The quantitative estimate of drug-likeness (QED) is 0.113. The molecule has 6 atom stereocenters. The van der Waals surface area contributed by atoms with E-state index in [1.165, 1.54) is 11.0 Å². The highest BCUT2D eigenvalue weighted by Crippen LogP contribution is 2.64. The molecule has 1 heterocycles. The first-order chi connectivity index (χ1) is 24.8. The van der Waals surface area contributed by atoms with Crippen molar-refractivity contribution in [2.24, 2.45) is 23.7 Å². The molecule has 51 heavy (non-hydrogen) atoms. The summed E-state index contributed by atoms with van der Waals surface area (Å²) in [5, 5.41) is 13.6. The minimum absolute atomic E-state index is 0.0447. The number of benzene rings is 5. The van der Waals surface area contributed by atoms with E-state index in [0.717, 1.165) is 14.5 Å². The molecule has 5 aromatic carbocycles. The number of carbonyl (C=O) groups excluding carboxylic acids is 4. The van der Waals surface area contributed by atoms with Gasteiger partial charge in [0.05, 0.1) is 22.9 Å². The second kappa shape index (κ2) is 12.0. The molecule has 0 aromatic heterocycles. The van der Waals surface area contributed by atoms with Crippen LogP contribution < -0.4 is 4.90 Å². The number of aromatic hydroxyl groups is 1. The predicted molar refractivity (Wildman–Crippen MR) is 204 cm³/mol. The van der Waals surface area contributed by atoms with Crippen LogP contribution in [0.15, 0.2) is 139 Å². The first-order valence-corrected chi connectivity index (χ1v) is 18.3. The monoisotopic (exact) mass is 781 g/mol. The molecule has 0 unspecified atom stereocenters. The van der Waals surface area contributed by atoms with Crippen molar-refractivity contribution in [3.8, 4) is 5.75 Å². The summed E-state index contributed by atoms with van der Waals surface area (Å²) < 4.78 is 0.988. The fraction of sp³-hybridized carbons (Fsp3) is 0.182. The number of hydrogen-bond acceptors (Lipinski definition) is 5. The zero-order valence-corrected chi connectivity index (χ0v) is 29.6. The summed E-state index contributed by atoms with van der Waals surface area (Å²) in [6, 6.07) is 37.4. The molecule has 2 amide bonds. The molecule has 3 aliphatic carbocycles. The summed E-state index contributed by atoms with van der Waals surface area (Å²) in [4.78, 5) is 60.4. The van der Waals surface area contributed by atoms with Crippen molar-refractivity contribution >= 4 is 68.0 Å². The van der Waals surface area contributed by atoms with E-state index in [1.807, 2.05) is 115 Å². The third-order valence-electron chi connectivity index (χ3n) is 11.7. The van der Waals surface area contributed by atoms with Crippen molar-refractivity contribution < 1.29 is 24.3 Å². The Labute approximate surface area is 308 Å². The highest BCUT2D eigenvalue weighted by Gasteiger charge is 2.66. The lowest BCUT2D eigenvalue weighted by Crippen LogP contribution is -2.58. The molecule has 0 bridgehead atoms. The van der Waals surface area contributed by atoms with Crippen molar-refractivity contribution in [3.63, 3.8) is 0 Å². The molecule has 1 aliphatic heterocycles. The highest BCUT2D eigenvalue weighted by molar-refractivity contribution is 14.1. The van der Waals surface area contributed by atoms with Crippen molar-refractivity contribution in [2.45, 2.75) is 24.2 Å². The van der Waals surface area contributed by atoms with E-state index in [4.69, 9.17) is 0 Å². The normalized spacial score (nSPS) is 27.1. The van der Waals surface area contributed by atoms with E-state index in [0.29, 0.717) is 39.8 Å². The van der Waals surface area contributed by atoms with E-state index in [9.17, 15) is 14.7 Å². The molecule has 0 radical (unpaired) electrons. The number of carbonyl (C=O) groups is 4. The standard InChI is InChI=1S/C44H32INO5/c45-28-16-18-29(19-17-28)46-42(50)32-22-21-31-35(38(32)43(46)51)23-36-41(49)34(25-9-3-1-4-10-25)24-37(47)44(36,27-12-5-2-6-13-27)39(31)33-20-15-26-11-7-8-14-30(26)40(33)48/h1-21,24,32,35-36,38-39,48H,22-23H2/t32-,35+,36-,38-,39+,44-/m0/s1. The van der Waals surface area contributed by atoms with Crippen molar-refractivity contribution in [1.29, 1.82) is 0 Å². The van der Waals surface area contributed by atoms with Crippen molar-refractivity contribution in [3.05, 3.63) is 159 Å².